The van der Waals surface area contributed by atoms with Crippen LogP contribution in [0.2, 0.25) is 5.02 Å². The first-order valence-electron chi connectivity index (χ1n) is 7.03. The predicted octanol–water partition coefficient (Wildman–Crippen LogP) is 3.07. The van der Waals surface area contributed by atoms with E-state index >= 15 is 0 Å². The number of anilines is 1. The van der Waals surface area contributed by atoms with Gasteiger partial charge in [-0.1, -0.05) is 23.7 Å². The number of nitrogens with zero attached hydrogens (tertiary/aromatic N) is 4. The van der Waals surface area contributed by atoms with Crippen molar-refractivity contribution in [2.75, 3.05) is 12.4 Å². The third kappa shape index (κ3) is 3.43. The Labute approximate surface area is 139 Å². The molecule has 1 unspecified atom stereocenters. The summed E-state index contributed by atoms with van der Waals surface area (Å²) in [5, 5.41) is 3.99. The lowest BCUT2D eigenvalue weighted by atomic mass is 10.1. The number of hydrogen-bond acceptors (Lipinski definition) is 5. The maximum absolute atomic E-state index is 5.99. The molecule has 2 aromatic heterocycles. The van der Waals surface area contributed by atoms with Gasteiger partial charge in [0.05, 0.1) is 7.11 Å². The van der Waals surface area contributed by atoms with Crippen LogP contribution in [-0.4, -0.2) is 26.6 Å². The topological polar surface area (TPSA) is 64.9 Å². The van der Waals surface area contributed by atoms with Crippen molar-refractivity contribution in [1.82, 2.24) is 19.5 Å². The summed E-state index contributed by atoms with van der Waals surface area (Å²) in [5.41, 5.74) is 1.01. The number of halogens is 1. The van der Waals surface area contributed by atoms with Crippen LogP contribution in [0.1, 0.15) is 17.4 Å². The maximum atomic E-state index is 5.99. The molecule has 1 aromatic carbocycles. The maximum Gasteiger partial charge on any atom is 0.226 e. The smallest absolute Gasteiger partial charge is 0.226 e. The summed E-state index contributed by atoms with van der Waals surface area (Å²) in [4.78, 5) is 13.0. The average molecular weight is 330 g/mol. The molecule has 0 aliphatic rings. The number of rotatable bonds is 5. The first-order chi connectivity index (χ1) is 11.2. The fraction of sp³-hybridized carbons (Fsp3) is 0.188. The third-order valence-electron chi connectivity index (χ3n) is 3.43. The summed E-state index contributed by atoms with van der Waals surface area (Å²) in [6.45, 7) is 0. The van der Waals surface area contributed by atoms with E-state index in [4.69, 9.17) is 16.3 Å². The van der Waals surface area contributed by atoms with Gasteiger partial charge < -0.3 is 14.6 Å². The predicted molar refractivity (Wildman–Crippen MR) is 88.7 cm³/mol. The van der Waals surface area contributed by atoms with E-state index in [0.717, 1.165) is 11.4 Å². The molecule has 6 nitrogen and oxygen atoms in total. The van der Waals surface area contributed by atoms with Crippen molar-refractivity contribution in [3.63, 3.8) is 0 Å². The monoisotopic (exact) mass is 329 g/mol. The fourth-order valence-electron chi connectivity index (χ4n) is 2.26. The lowest BCUT2D eigenvalue weighted by Gasteiger charge is -2.19. The molecule has 0 fully saturated rings. The Morgan fingerprint density at radius 1 is 1.13 bits per heavy atom. The molecule has 0 bridgehead atoms. The van der Waals surface area contributed by atoms with Crippen molar-refractivity contribution in [3.05, 3.63) is 65.3 Å². The van der Waals surface area contributed by atoms with Crippen molar-refractivity contribution in [2.45, 2.75) is 6.04 Å². The molecule has 7 heteroatoms. The van der Waals surface area contributed by atoms with Crippen LogP contribution in [0.5, 0.6) is 5.88 Å². The highest BCUT2D eigenvalue weighted by Crippen LogP contribution is 2.25. The average Bonchev–Trinajstić information content (AvgIpc) is 3.00. The molecule has 3 rings (SSSR count). The molecular formula is C16H16ClN5O. The Morgan fingerprint density at radius 2 is 1.91 bits per heavy atom. The lowest BCUT2D eigenvalue weighted by Crippen LogP contribution is -2.18. The summed E-state index contributed by atoms with van der Waals surface area (Å²) in [6, 6.07) is 9.09. The minimum atomic E-state index is -0.209. The second kappa shape index (κ2) is 6.66. The third-order valence-corrected chi connectivity index (χ3v) is 3.68. The first-order valence-corrected chi connectivity index (χ1v) is 7.41. The Kier molecular flexibility index (Phi) is 4.43. The van der Waals surface area contributed by atoms with E-state index in [0.29, 0.717) is 16.9 Å². The van der Waals surface area contributed by atoms with Crippen LogP contribution in [0.15, 0.2) is 48.9 Å². The van der Waals surface area contributed by atoms with Gasteiger partial charge in [0.1, 0.15) is 11.9 Å². The summed E-state index contributed by atoms with van der Waals surface area (Å²) in [5.74, 6) is 1.81. The Bertz CT molecular complexity index is 787. The Balaban J connectivity index is 1.98. The van der Waals surface area contributed by atoms with E-state index in [1.54, 1.807) is 25.6 Å². The highest BCUT2D eigenvalue weighted by Gasteiger charge is 2.19. The summed E-state index contributed by atoms with van der Waals surface area (Å²) in [7, 11) is 3.51. The van der Waals surface area contributed by atoms with Gasteiger partial charge in [-0.25, -0.2) is 9.97 Å². The highest BCUT2D eigenvalue weighted by molar-refractivity contribution is 6.30. The highest BCUT2D eigenvalue weighted by atomic mass is 35.5. The van der Waals surface area contributed by atoms with Crippen molar-refractivity contribution in [1.29, 1.82) is 0 Å². The van der Waals surface area contributed by atoms with Gasteiger partial charge in [-0.15, -0.1) is 0 Å². The van der Waals surface area contributed by atoms with Crippen molar-refractivity contribution >= 4 is 17.5 Å². The minimum absolute atomic E-state index is 0.209. The van der Waals surface area contributed by atoms with Crippen LogP contribution in [0, 0.1) is 0 Å². The second-order valence-corrected chi connectivity index (χ2v) is 5.38. The van der Waals surface area contributed by atoms with Crippen molar-refractivity contribution < 1.29 is 4.74 Å². The van der Waals surface area contributed by atoms with Crippen molar-refractivity contribution in [3.8, 4) is 5.88 Å². The number of hydrogen-bond donors (Lipinski definition) is 1. The Morgan fingerprint density at radius 3 is 2.57 bits per heavy atom. The number of benzene rings is 1. The van der Waals surface area contributed by atoms with E-state index in [1.165, 1.54) is 0 Å². The molecule has 3 aromatic rings. The van der Waals surface area contributed by atoms with Crippen LogP contribution in [-0.2, 0) is 7.05 Å². The van der Waals surface area contributed by atoms with E-state index in [2.05, 4.69) is 20.3 Å². The van der Waals surface area contributed by atoms with Crippen molar-refractivity contribution in [2.24, 2.45) is 7.05 Å². The minimum Gasteiger partial charge on any atom is -0.481 e. The van der Waals surface area contributed by atoms with E-state index in [1.807, 2.05) is 42.1 Å². The van der Waals surface area contributed by atoms with Gasteiger partial charge in [0.25, 0.3) is 0 Å². The SMILES string of the molecule is COc1ccnc(NC(c2ccc(Cl)cc2)c2nccn2C)n1. The van der Waals surface area contributed by atoms with E-state index in [9.17, 15) is 0 Å². The molecule has 1 atom stereocenters. The standard InChI is InChI=1S/C16H16ClN5O/c1-22-10-9-18-15(22)14(11-3-5-12(17)6-4-11)21-16-19-8-7-13(20-16)23-2/h3-10,14H,1-2H3,(H,19,20,21). The van der Waals surface area contributed by atoms with Gasteiger partial charge in [-0.3, -0.25) is 0 Å². The Hall–Kier alpha value is -2.60. The molecule has 1 N–H and O–H groups in total. The molecule has 23 heavy (non-hydrogen) atoms. The van der Waals surface area contributed by atoms with Crippen LogP contribution in [0.25, 0.3) is 0 Å². The zero-order chi connectivity index (χ0) is 16.2. The first kappa shape index (κ1) is 15.3. The van der Waals surface area contributed by atoms with Gasteiger partial charge in [-0.05, 0) is 17.7 Å². The summed E-state index contributed by atoms with van der Waals surface area (Å²) in [6.07, 6.45) is 5.30. The zero-order valence-corrected chi connectivity index (χ0v) is 13.5. The van der Waals surface area contributed by atoms with Gasteiger partial charge in [0, 0.05) is 36.7 Å². The normalized spacial score (nSPS) is 12.0. The van der Waals surface area contributed by atoms with Gasteiger partial charge >= 0.3 is 0 Å². The fourth-order valence-corrected chi connectivity index (χ4v) is 2.39. The molecule has 0 aliphatic carbocycles. The quantitative estimate of drug-likeness (QED) is 0.779. The molecule has 0 amide bonds. The largest absolute Gasteiger partial charge is 0.481 e. The molecule has 0 spiro atoms. The van der Waals surface area contributed by atoms with Gasteiger partial charge in [0.15, 0.2) is 0 Å². The number of aromatic nitrogens is 4. The number of methoxy groups -OCH3 is 1. The van der Waals surface area contributed by atoms with E-state index in [-0.39, 0.29) is 6.04 Å². The van der Waals surface area contributed by atoms with Crippen LogP contribution < -0.4 is 10.1 Å². The summed E-state index contributed by atoms with van der Waals surface area (Å²) >= 11 is 5.99. The molecule has 0 radical (unpaired) electrons. The number of aryl methyl sites for hydroxylation is 1. The van der Waals surface area contributed by atoms with Crippen LogP contribution in [0.4, 0.5) is 5.95 Å². The molecule has 0 aliphatic heterocycles. The second-order valence-electron chi connectivity index (χ2n) is 4.95. The molecule has 0 saturated heterocycles. The van der Waals surface area contributed by atoms with Crippen LogP contribution >= 0.6 is 11.6 Å². The number of ether oxygens (including phenoxy) is 1. The van der Waals surface area contributed by atoms with Gasteiger partial charge in [0.2, 0.25) is 11.8 Å². The number of imidazole rings is 1. The zero-order valence-electron chi connectivity index (χ0n) is 12.8. The van der Waals surface area contributed by atoms with Gasteiger partial charge in [-0.2, -0.15) is 4.98 Å². The van der Waals surface area contributed by atoms with Crippen LogP contribution in [0.3, 0.4) is 0 Å². The lowest BCUT2D eigenvalue weighted by molar-refractivity contribution is 0.397. The molecular weight excluding hydrogens is 314 g/mol. The number of nitrogens with one attached hydrogen (secondary N) is 1. The van der Waals surface area contributed by atoms with E-state index < -0.39 is 0 Å². The molecule has 2 heterocycles. The summed E-state index contributed by atoms with van der Waals surface area (Å²) < 4.78 is 7.09. The molecule has 118 valence electrons. The molecule has 0 saturated carbocycles.